The maximum atomic E-state index is 12.4. The Balaban J connectivity index is 1.83. The van der Waals surface area contributed by atoms with Crippen molar-refractivity contribution in [1.82, 2.24) is 5.01 Å². The number of hydrazone groups is 1. The zero-order valence-corrected chi connectivity index (χ0v) is 14.6. The van der Waals surface area contributed by atoms with E-state index in [4.69, 9.17) is 28.2 Å². The van der Waals surface area contributed by atoms with Crippen LogP contribution < -0.4 is 0 Å². The molecule has 1 amide bonds. The number of phenols is 1. The van der Waals surface area contributed by atoms with Crippen LogP contribution >= 0.6 is 35.6 Å². The molecule has 1 aliphatic rings. The van der Waals surface area contributed by atoms with E-state index in [2.05, 4.69) is 5.10 Å². The number of alkyl halides is 1. The highest BCUT2D eigenvalue weighted by atomic mass is 35.5. The Morgan fingerprint density at radius 1 is 1.42 bits per heavy atom. The number of hydrogen-bond acceptors (Lipinski definition) is 6. The monoisotopic (exact) mass is 378 g/mol. The summed E-state index contributed by atoms with van der Waals surface area (Å²) in [6.45, 7) is 0. The van der Waals surface area contributed by atoms with Gasteiger partial charge in [0.1, 0.15) is 11.5 Å². The molecule has 5 nitrogen and oxygen atoms in total. The predicted molar refractivity (Wildman–Crippen MR) is 99.0 cm³/mol. The fourth-order valence-corrected chi connectivity index (χ4v) is 3.30. The van der Waals surface area contributed by atoms with Crippen LogP contribution in [0.15, 0.2) is 51.0 Å². The highest BCUT2D eigenvalue weighted by Gasteiger charge is 2.32. The quantitative estimate of drug-likeness (QED) is 0.377. The molecule has 2 aromatic rings. The molecule has 1 N–H and O–H groups in total. The molecule has 1 aromatic carbocycles. The molecule has 0 spiro atoms. The van der Waals surface area contributed by atoms with Gasteiger partial charge >= 0.3 is 0 Å². The molecule has 1 fully saturated rings. The molecule has 0 unspecified atom stereocenters. The van der Waals surface area contributed by atoms with E-state index in [-0.39, 0.29) is 11.7 Å². The summed E-state index contributed by atoms with van der Waals surface area (Å²) in [5.74, 6) is 0.519. The van der Waals surface area contributed by atoms with Gasteiger partial charge in [0.25, 0.3) is 5.91 Å². The van der Waals surface area contributed by atoms with Crippen LogP contribution in [0.1, 0.15) is 16.9 Å². The number of thiocarbonyl (C=S) groups is 1. The van der Waals surface area contributed by atoms with Gasteiger partial charge in [0, 0.05) is 11.4 Å². The Bertz CT molecular complexity index is 847. The minimum absolute atomic E-state index is 0.0532. The summed E-state index contributed by atoms with van der Waals surface area (Å²) in [4.78, 5) is 12.8. The van der Waals surface area contributed by atoms with Crippen molar-refractivity contribution in [3.8, 4) is 5.75 Å². The molecule has 8 heteroatoms. The standard InChI is InChI=1S/C16H11ClN2O3S2/c17-8-10-3-4-11(13(20)6-10)7-14-15(21)19(16(23)24-14)18-9-12-2-1-5-22-12/h1-7,9,20H,8H2. The average Bonchev–Trinajstić information content (AvgIpc) is 3.17. The molecule has 0 atom stereocenters. The molecule has 2 heterocycles. The van der Waals surface area contributed by atoms with Crippen molar-refractivity contribution >= 4 is 58.1 Å². The number of hydrogen-bond donors (Lipinski definition) is 1. The summed E-state index contributed by atoms with van der Waals surface area (Å²) in [6, 6.07) is 8.49. The van der Waals surface area contributed by atoms with Crippen LogP contribution in [0.5, 0.6) is 5.75 Å². The van der Waals surface area contributed by atoms with Crippen molar-refractivity contribution in [2.75, 3.05) is 0 Å². The van der Waals surface area contributed by atoms with Gasteiger partial charge in [-0.3, -0.25) is 4.79 Å². The minimum atomic E-state index is -0.353. The Kier molecular flexibility index (Phi) is 5.03. The first-order valence-corrected chi connectivity index (χ1v) is 8.57. The summed E-state index contributed by atoms with van der Waals surface area (Å²) in [5.41, 5.74) is 1.31. The van der Waals surface area contributed by atoms with E-state index in [1.807, 2.05) is 0 Å². The van der Waals surface area contributed by atoms with Crippen LogP contribution in [0.4, 0.5) is 0 Å². The number of carbonyl (C=O) groups is 1. The van der Waals surface area contributed by atoms with Crippen LogP contribution in [-0.2, 0) is 10.7 Å². The number of thioether (sulfide) groups is 1. The van der Waals surface area contributed by atoms with Gasteiger partial charge in [-0.05, 0) is 42.1 Å². The van der Waals surface area contributed by atoms with Gasteiger partial charge in [0.2, 0.25) is 0 Å². The van der Waals surface area contributed by atoms with Gasteiger partial charge in [0.15, 0.2) is 4.32 Å². The van der Waals surface area contributed by atoms with Crippen molar-refractivity contribution in [3.05, 3.63) is 58.4 Å². The third-order valence-corrected chi connectivity index (χ3v) is 4.74. The molecule has 1 saturated heterocycles. The Labute approximate surface area is 152 Å². The number of rotatable bonds is 4. The molecular formula is C16H11ClN2O3S2. The van der Waals surface area contributed by atoms with Crippen molar-refractivity contribution in [1.29, 1.82) is 0 Å². The van der Waals surface area contributed by atoms with Gasteiger partial charge < -0.3 is 9.52 Å². The first kappa shape index (κ1) is 16.8. The van der Waals surface area contributed by atoms with E-state index in [1.54, 1.807) is 36.4 Å². The highest BCUT2D eigenvalue weighted by molar-refractivity contribution is 8.26. The summed E-state index contributed by atoms with van der Waals surface area (Å²) < 4.78 is 5.44. The van der Waals surface area contributed by atoms with E-state index in [0.717, 1.165) is 22.3 Å². The maximum absolute atomic E-state index is 12.4. The molecule has 24 heavy (non-hydrogen) atoms. The molecule has 122 valence electrons. The number of furan rings is 1. The number of amides is 1. The number of nitrogens with zero attached hydrogens (tertiary/aromatic N) is 2. The summed E-state index contributed by atoms with van der Waals surface area (Å²) >= 11 is 12.0. The van der Waals surface area contributed by atoms with Crippen molar-refractivity contribution in [3.63, 3.8) is 0 Å². The van der Waals surface area contributed by atoms with Gasteiger partial charge in [0.05, 0.1) is 17.4 Å². The average molecular weight is 379 g/mol. The molecule has 0 bridgehead atoms. The van der Waals surface area contributed by atoms with E-state index < -0.39 is 0 Å². The first-order chi connectivity index (χ1) is 11.6. The third kappa shape index (κ3) is 3.53. The number of halogens is 1. The second kappa shape index (κ2) is 7.21. The van der Waals surface area contributed by atoms with Gasteiger partial charge in [-0.25, -0.2) is 0 Å². The van der Waals surface area contributed by atoms with E-state index in [9.17, 15) is 9.90 Å². The molecule has 3 rings (SSSR count). The number of carbonyl (C=O) groups excluding carboxylic acids is 1. The second-order valence-electron chi connectivity index (χ2n) is 4.78. The van der Waals surface area contributed by atoms with Crippen LogP contribution in [0, 0.1) is 0 Å². The maximum Gasteiger partial charge on any atom is 0.286 e. The lowest BCUT2D eigenvalue weighted by atomic mass is 10.1. The first-order valence-electron chi connectivity index (χ1n) is 6.82. The van der Waals surface area contributed by atoms with Crippen molar-refractivity contribution in [2.45, 2.75) is 5.88 Å². The minimum Gasteiger partial charge on any atom is -0.507 e. The van der Waals surface area contributed by atoms with Crippen LogP contribution in [0.25, 0.3) is 6.08 Å². The fraction of sp³-hybridized carbons (Fsp3) is 0.0625. The lowest BCUT2D eigenvalue weighted by molar-refractivity contribution is -0.122. The lowest BCUT2D eigenvalue weighted by Gasteiger charge is -2.05. The Morgan fingerprint density at radius 2 is 2.25 bits per heavy atom. The van der Waals surface area contributed by atoms with Gasteiger partial charge in [-0.15, -0.1) is 11.6 Å². The van der Waals surface area contributed by atoms with Crippen LogP contribution in [0.2, 0.25) is 0 Å². The van der Waals surface area contributed by atoms with E-state index in [1.165, 1.54) is 12.5 Å². The fourth-order valence-electron chi connectivity index (χ4n) is 1.97. The molecule has 0 saturated carbocycles. The van der Waals surface area contributed by atoms with Gasteiger partial charge in [-0.1, -0.05) is 23.9 Å². The third-order valence-electron chi connectivity index (χ3n) is 3.15. The number of benzene rings is 1. The second-order valence-corrected chi connectivity index (χ2v) is 6.72. The molecule has 1 aliphatic heterocycles. The zero-order valence-electron chi connectivity index (χ0n) is 12.2. The van der Waals surface area contributed by atoms with Crippen LogP contribution in [0.3, 0.4) is 0 Å². The van der Waals surface area contributed by atoms with Gasteiger partial charge in [-0.2, -0.15) is 10.1 Å². The summed E-state index contributed by atoms with van der Waals surface area (Å²) in [6.07, 6.45) is 4.51. The molecular weight excluding hydrogens is 368 g/mol. The van der Waals surface area contributed by atoms with E-state index in [0.29, 0.717) is 26.4 Å². The van der Waals surface area contributed by atoms with Crippen LogP contribution in [-0.4, -0.2) is 26.6 Å². The van der Waals surface area contributed by atoms with Crippen molar-refractivity contribution < 1.29 is 14.3 Å². The van der Waals surface area contributed by atoms with E-state index >= 15 is 0 Å². The topological polar surface area (TPSA) is 66.0 Å². The lowest BCUT2D eigenvalue weighted by Crippen LogP contribution is -2.22. The molecule has 0 aliphatic carbocycles. The molecule has 1 aromatic heterocycles. The largest absolute Gasteiger partial charge is 0.507 e. The Hall–Kier alpha value is -2.09. The number of aromatic hydroxyl groups is 1. The zero-order chi connectivity index (χ0) is 17.1. The summed E-state index contributed by atoms with van der Waals surface area (Å²) in [7, 11) is 0. The highest BCUT2D eigenvalue weighted by Crippen LogP contribution is 2.34. The SMILES string of the molecule is O=C1C(=Cc2ccc(CCl)cc2O)SC(=S)N1N=Cc1ccco1. The Morgan fingerprint density at radius 3 is 2.92 bits per heavy atom. The summed E-state index contributed by atoms with van der Waals surface area (Å²) in [5, 5.41) is 15.2. The predicted octanol–water partition coefficient (Wildman–Crippen LogP) is 3.96. The molecule has 0 radical (unpaired) electrons. The van der Waals surface area contributed by atoms with Crippen molar-refractivity contribution in [2.24, 2.45) is 5.10 Å². The number of phenolic OH excluding ortho intramolecular Hbond substituents is 1. The normalized spacial score (nSPS) is 16.7. The smallest absolute Gasteiger partial charge is 0.286 e.